The van der Waals surface area contributed by atoms with E-state index in [1.165, 1.54) is 0 Å². The SMILES string of the molecule is CCOC(=O)c1coc(N2CC(S(N)(=O)=O)CC2=O)n1. The van der Waals surface area contributed by atoms with Gasteiger partial charge in [0, 0.05) is 13.0 Å². The predicted octanol–water partition coefficient (Wildman–Crippen LogP) is -0.755. The maximum absolute atomic E-state index is 11.7. The molecule has 2 N–H and O–H groups in total. The number of hydrogen-bond acceptors (Lipinski definition) is 7. The molecule has 1 fully saturated rings. The van der Waals surface area contributed by atoms with E-state index < -0.39 is 27.1 Å². The first-order valence-electron chi connectivity index (χ1n) is 5.77. The van der Waals surface area contributed by atoms with Crippen LogP contribution in [-0.4, -0.2) is 43.7 Å². The smallest absolute Gasteiger partial charge is 0.360 e. The van der Waals surface area contributed by atoms with Gasteiger partial charge in [-0.2, -0.15) is 4.98 Å². The zero-order valence-electron chi connectivity index (χ0n) is 10.6. The van der Waals surface area contributed by atoms with Gasteiger partial charge in [-0.1, -0.05) is 0 Å². The van der Waals surface area contributed by atoms with E-state index in [4.69, 9.17) is 14.3 Å². The number of amides is 1. The van der Waals surface area contributed by atoms with Crippen molar-refractivity contribution < 1.29 is 27.2 Å². The highest BCUT2D eigenvalue weighted by atomic mass is 32.2. The van der Waals surface area contributed by atoms with Crippen molar-refractivity contribution in [2.45, 2.75) is 18.6 Å². The fraction of sp³-hybridized carbons (Fsp3) is 0.500. The van der Waals surface area contributed by atoms with Crippen LogP contribution < -0.4 is 10.0 Å². The van der Waals surface area contributed by atoms with E-state index >= 15 is 0 Å². The molecule has 0 bridgehead atoms. The Hall–Kier alpha value is -1.94. The number of aromatic nitrogens is 1. The molecule has 1 aliphatic rings. The van der Waals surface area contributed by atoms with Crippen molar-refractivity contribution in [3.05, 3.63) is 12.0 Å². The Morgan fingerprint density at radius 2 is 2.35 bits per heavy atom. The number of esters is 1. The molecule has 0 aliphatic carbocycles. The van der Waals surface area contributed by atoms with Crippen LogP contribution in [0.1, 0.15) is 23.8 Å². The highest BCUT2D eigenvalue weighted by Gasteiger charge is 2.39. The molecule has 1 aromatic heterocycles. The molecule has 0 saturated carbocycles. The topological polar surface area (TPSA) is 133 Å². The van der Waals surface area contributed by atoms with Crippen molar-refractivity contribution in [1.29, 1.82) is 0 Å². The molecule has 1 aliphatic heterocycles. The van der Waals surface area contributed by atoms with Crippen molar-refractivity contribution in [3.8, 4) is 0 Å². The lowest BCUT2D eigenvalue weighted by molar-refractivity contribution is -0.117. The Morgan fingerprint density at radius 3 is 2.90 bits per heavy atom. The molecule has 2 heterocycles. The maximum Gasteiger partial charge on any atom is 0.360 e. The van der Waals surface area contributed by atoms with Gasteiger partial charge in [0.25, 0.3) is 0 Å². The van der Waals surface area contributed by atoms with E-state index in [1.54, 1.807) is 6.92 Å². The number of ether oxygens (including phenoxy) is 1. The fourth-order valence-corrected chi connectivity index (χ4v) is 2.50. The van der Waals surface area contributed by atoms with E-state index in [2.05, 4.69) is 4.98 Å². The summed E-state index contributed by atoms with van der Waals surface area (Å²) in [7, 11) is -3.82. The summed E-state index contributed by atoms with van der Waals surface area (Å²) in [6, 6.07) is -0.149. The second-order valence-corrected chi connectivity index (χ2v) is 6.00. The molecule has 1 aromatic rings. The quantitative estimate of drug-likeness (QED) is 0.723. The Labute approximate surface area is 114 Å². The van der Waals surface area contributed by atoms with Gasteiger partial charge in [-0.3, -0.25) is 9.69 Å². The zero-order chi connectivity index (χ0) is 14.9. The average molecular weight is 303 g/mol. The summed E-state index contributed by atoms with van der Waals surface area (Å²) < 4.78 is 32.2. The third-order valence-corrected chi connectivity index (χ3v) is 4.01. The van der Waals surface area contributed by atoms with Crippen LogP contribution in [-0.2, 0) is 19.6 Å². The molecule has 20 heavy (non-hydrogen) atoms. The Kier molecular flexibility index (Phi) is 3.77. The first-order chi connectivity index (χ1) is 9.32. The van der Waals surface area contributed by atoms with E-state index in [-0.39, 0.29) is 31.3 Å². The molecule has 9 nitrogen and oxygen atoms in total. The summed E-state index contributed by atoms with van der Waals surface area (Å²) in [4.78, 5) is 28.0. The highest BCUT2D eigenvalue weighted by Crippen LogP contribution is 2.23. The van der Waals surface area contributed by atoms with Gasteiger partial charge >= 0.3 is 12.0 Å². The van der Waals surface area contributed by atoms with Crippen LogP contribution in [0.3, 0.4) is 0 Å². The molecular formula is C10H13N3O6S. The minimum Gasteiger partial charge on any atom is -0.461 e. The average Bonchev–Trinajstić information content (AvgIpc) is 2.94. The number of carbonyl (C=O) groups is 2. The predicted molar refractivity (Wildman–Crippen MR) is 66.3 cm³/mol. The molecule has 0 aromatic carbocycles. The molecule has 2 rings (SSSR count). The van der Waals surface area contributed by atoms with Gasteiger partial charge in [0.15, 0.2) is 5.69 Å². The summed E-state index contributed by atoms with van der Waals surface area (Å²) in [5.74, 6) is -1.17. The minimum absolute atomic E-state index is 0.0892. The Balaban J connectivity index is 2.17. The highest BCUT2D eigenvalue weighted by molar-refractivity contribution is 7.89. The van der Waals surface area contributed by atoms with Crippen LogP contribution in [0, 0.1) is 0 Å². The number of nitrogens with two attached hydrogens (primary N) is 1. The maximum atomic E-state index is 11.7. The van der Waals surface area contributed by atoms with Gasteiger partial charge in [-0.15, -0.1) is 0 Å². The second kappa shape index (κ2) is 5.21. The lowest BCUT2D eigenvalue weighted by Crippen LogP contribution is -2.32. The summed E-state index contributed by atoms with van der Waals surface area (Å²) in [6.07, 6.45) is 0.806. The number of oxazole rings is 1. The van der Waals surface area contributed by atoms with Gasteiger partial charge in [0.2, 0.25) is 15.9 Å². The Morgan fingerprint density at radius 1 is 1.65 bits per heavy atom. The fourth-order valence-electron chi connectivity index (χ4n) is 1.77. The molecule has 110 valence electrons. The van der Waals surface area contributed by atoms with Gasteiger partial charge in [-0.05, 0) is 6.92 Å². The molecule has 1 amide bonds. The summed E-state index contributed by atoms with van der Waals surface area (Å²) in [5, 5.41) is 4.00. The van der Waals surface area contributed by atoms with Gasteiger partial charge in [0.05, 0.1) is 6.61 Å². The van der Waals surface area contributed by atoms with E-state index in [0.29, 0.717) is 0 Å². The number of hydrogen-bond donors (Lipinski definition) is 1. The summed E-state index contributed by atoms with van der Waals surface area (Å²) in [6.45, 7) is 1.66. The van der Waals surface area contributed by atoms with Crippen molar-refractivity contribution in [2.24, 2.45) is 5.14 Å². The summed E-state index contributed by atoms with van der Waals surface area (Å²) in [5.41, 5.74) is -0.0892. The second-order valence-electron chi connectivity index (χ2n) is 4.16. The van der Waals surface area contributed by atoms with Crippen molar-refractivity contribution in [2.75, 3.05) is 18.1 Å². The first-order valence-corrected chi connectivity index (χ1v) is 7.38. The molecule has 0 radical (unpaired) electrons. The van der Waals surface area contributed by atoms with Gasteiger partial charge < -0.3 is 9.15 Å². The van der Waals surface area contributed by atoms with Crippen LogP contribution in [0.25, 0.3) is 0 Å². The molecule has 1 unspecified atom stereocenters. The molecule has 10 heteroatoms. The van der Waals surface area contributed by atoms with Crippen LogP contribution in [0.4, 0.5) is 6.01 Å². The van der Waals surface area contributed by atoms with E-state index in [0.717, 1.165) is 11.2 Å². The van der Waals surface area contributed by atoms with Crippen molar-refractivity contribution in [3.63, 3.8) is 0 Å². The van der Waals surface area contributed by atoms with E-state index in [9.17, 15) is 18.0 Å². The molecule has 1 saturated heterocycles. The van der Waals surface area contributed by atoms with E-state index in [1.807, 2.05) is 0 Å². The minimum atomic E-state index is -3.82. The van der Waals surface area contributed by atoms with Gasteiger partial charge in [-0.25, -0.2) is 18.4 Å². The largest absolute Gasteiger partial charge is 0.461 e. The van der Waals surface area contributed by atoms with Crippen LogP contribution in [0.5, 0.6) is 0 Å². The van der Waals surface area contributed by atoms with Crippen LogP contribution in [0.2, 0.25) is 0 Å². The normalized spacial score (nSPS) is 19.4. The number of carbonyl (C=O) groups excluding carboxylic acids is 2. The number of anilines is 1. The molecule has 0 spiro atoms. The summed E-state index contributed by atoms with van der Waals surface area (Å²) >= 11 is 0. The zero-order valence-corrected chi connectivity index (χ0v) is 11.4. The third kappa shape index (κ3) is 2.80. The van der Waals surface area contributed by atoms with Gasteiger partial charge in [0.1, 0.15) is 11.5 Å². The van der Waals surface area contributed by atoms with Crippen LogP contribution >= 0.6 is 0 Å². The van der Waals surface area contributed by atoms with Crippen molar-refractivity contribution >= 4 is 27.9 Å². The number of nitrogens with zero attached hydrogens (tertiary/aromatic N) is 2. The standard InChI is InChI=1S/C10H13N3O6S/c1-2-18-9(15)7-5-19-10(12-7)13-4-6(3-8(13)14)20(11,16)17/h5-6H,2-4H2,1H3,(H2,11,16,17). The lowest BCUT2D eigenvalue weighted by Gasteiger charge is -2.10. The van der Waals surface area contributed by atoms with Crippen molar-refractivity contribution in [1.82, 2.24) is 4.98 Å². The number of primary sulfonamides is 1. The third-order valence-electron chi connectivity index (χ3n) is 2.76. The molecular weight excluding hydrogens is 290 g/mol. The number of sulfonamides is 1. The molecule has 1 atom stereocenters. The first kappa shape index (κ1) is 14.5. The number of rotatable bonds is 4. The lowest BCUT2D eigenvalue weighted by atomic mass is 10.4. The Bertz CT molecular complexity index is 637. The monoisotopic (exact) mass is 303 g/mol. The van der Waals surface area contributed by atoms with Crippen LogP contribution in [0.15, 0.2) is 10.7 Å².